The maximum Gasteiger partial charge on any atom is 0.266 e. The Morgan fingerprint density at radius 2 is 2.00 bits per heavy atom. The molecule has 25 heavy (non-hydrogen) atoms. The van der Waals surface area contributed by atoms with Crippen LogP contribution in [-0.4, -0.2) is 17.6 Å². The van der Waals surface area contributed by atoms with E-state index in [-0.39, 0.29) is 5.57 Å². The summed E-state index contributed by atoms with van der Waals surface area (Å²) >= 11 is 0. The number of para-hydroxylation sites is 2. The highest BCUT2D eigenvalue weighted by Crippen LogP contribution is 2.25. The highest BCUT2D eigenvalue weighted by atomic mass is 16.5. The number of hydrogen-bond acceptors (Lipinski definition) is 3. The van der Waals surface area contributed by atoms with Gasteiger partial charge < -0.3 is 14.6 Å². The first kappa shape index (κ1) is 18.3. The second-order valence-electron chi connectivity index (χ2n) is 6.11. The van der Waals surface area contributed by atoms with Crippen LogP contribution in [0, 0.1) is 25.2 Å². The van der Waals surface area contributed by atoms with E-state index in [2.05, 4.69) is 23.7 Å². The van der Waals surface area contributed by atoms with Crippen molar-refractivity contribution in [3.63, 3.8) is 0 Å². The number of methoxy groups -OCH3 is 1. The molecule has 1 aromatic heterocycles. The third kappa shape index (κ3) is 3.92. The van der Waals surface area contributed by atoms with Crippen LogP contribution in [0.25, 0.3) is 6.08 Å². The normalized spacial score (nSPS) is 11.3. The van der Waals surface area contributed by atoms with Crippen LogP contribution in [0.4, 0.5) is 5.69 Å². The predicted octanol–water partition coefficient (Wildman–Crippen LogP) is 4.24. The monoisotopic (exact) mass is 337 g/mol. The van der Waals surface area contributed by atoms with Crippen molar-refractivity contribution in [2.75, 3.05) is 12.4 Å². The summed E-state index contributed by atoms with van der Waals surface area (Å²) in [5.41, 5.74) is 3.59. The lowest BCUT2D eigenvalue weighted by molar-refractivity contribution is -0.112. The van der Waals surface area contributed by atoms with Crippen molar-refractivity contribution < 1.29 is 9.53 Å². The molecule has 0 bridgehead atoms. The SMILES string of the molecule is COc1ccccc1NC(=O)/C(C#N)=C/c1cc(C)n(C(C)C)c1C. The minimum atomic E-state index is -0.457. The Kier molecular flexibility index (Phi) is 5.66. The largest absolute Gasteiger partial charge is 0.495 e. The van der Waals surface area contributed by atoms with Gasteiger partial charge >= 0.3 is 0 Å². The van der Waals surface area contributed by atoms with Crippen molar-refractivity contribution >= 4 is 17.7 Å². The molecule has 0 fully saturated rings. The molecule has 2 rings (SSSR count). The van der Waals surface area contributed by atoms with Crippen LogP contribution in [0.15, 0.2) is 35.9 Å². The van der Waals surface area contributed by atoms with Crippen LogP contribution in [-0.2, 0) is 4.79 Å². The topological polar surface area (TPSA) is 67.0 Å². The number of nitriles is 1. The lowest BCUT2D eigenvalue weighted by Crippen LogP contribution is -2.14. The Bertz CT molecular complexity index is 854. The van der Waals surface area contributed by atoms with Crippen LogP contribution in [0.3, 0.4) is 0 Å². The molecular weight excluding hydrogens is 314 g/mol. The number of carbonyl (C=O) groups is 1. The molecule has 1 heterocycles. The van der Waals surface area contributed by atoms with E-state index in [1.165, 1.54) is 7.11 Å². The molecule has 1 aromatic carbocycles. The fourth-order valence-electron chi connectivity index (χ4n) is 2.98. The summed E-state index contributed by atoms with van der Waals surface area (Å²) in [5.74, 6) is 0.0903. The molecule has 130 valence electrons. The van der Waals surface area contributed by atoms with E-state index in [1.54, 1.807) is 24.3 Å². The minimum absolute atomic E-state index is 0.0508. The molecule has 1 N–H and O–H groups in total. The zero-order valence-electron chi connectivity index (χ0n) is 15.3. The van der Waals surface area contributed by atoms with Gasteiger partial charge in [0.15, 0.2) is 0 Å². The van der Waals surface area contributed by atoms with Gasteiger partial charge in [-0.05, 0) is 57.5 Å². The molecule has 2 aromatic rings. The van der Waals surface area contributed by atoms with E-state index >= 15 is 0 Å². The van der Waals surface area contributed by atoms with Gasteiger partial charge in [-0.2, -0.15) is 5.26 Å². The third-order valence-electron chi connectivity index (χ3n) is 4.06. The fourth-order valence-corrected chi connectivity index (χ4v) is 2.98. The van der Waals surface area contributed by atoms with Gasteiger partial charge in [-0.25, -0.2) is 0 Å². The van der Waals surface area contributed by atoms with Crippen molar-refractivity contribution in [1.29, 1.82) is 5.26 Å². The molecule has 0 unspecified atom stereocenters. The number of hydrogen-bond donors (Lipinski definition) is 1. The summed E-state index contributed by atoms with van der Waals surface area (Å²) in [6.07, 6.45) is 1.63. The van der Waals surface area contributed by atoms with Crippen molar-refractivity contribution in [3.8, 4) is 11.8 Å². The van der Waals surface area contributed by atoms with Gasteiger partial charge in [0.1, 0.15) is 17.4 Å². The van der Waals surface area contributed by atoms with Crippen LogP contribution in [0.5, 0.6) is 5.75 Å². The number of amides is 1. The molecule has 0 spiro atoms. The van der Waals surface area contributed by atoms with E-state index < -0.39 is 5.91 Å². The molecule has 0 aliphatic heterocycles. The van der Waals surface area contributed by atoms with Crippen molar-refractivity contribution in [2.24, 2.45) is 0 Å². The minimum Gasteiger partial charge on any atom is -0.495 e. The summed E-state index contributed by atoms with van der Waals surface area (Å²) in [7, 11) is 1.53. The Morgan fingerprint density at radius 3 is 2.56 bits per heavy atom. The number of aromatic nitrogens is 1. The second kappa shape index (κ2) is 7.71. The van der Waals surface area contributed by atoms with Gasteiger partial charge in [0.05, 0.1) is 12.8 Å². The maximum atomic E-state index is 12.5. The standard InChI is InChI=1S/C20H23N3O2/c1-13(2)23-14(3)10-16(15(23)4)11-17(12-21)20(24)22-18-8-6-7-9-19(18)25-5/h6-11,13H,1-5H3,(H,22,24)/b17-11+. The van der Waals surface area contributed by atoms with Crippen LogP contribution >= 0.6 is 0 Å². The number of nitrogens with one attached hydrogen (secondary N) is 1. The van der Waals surface area contributed by atoms with Crippen molar-refractivity contribution in [1.82, 2.24) is 4.57 Å². The molecule has 5 nitrogen and oxygen atoms in total. The molecule has 1 amide bonds. The van der Waals surface area contributed by atoms with Gasteiger partial charge in [-0.3, -0.25) is 4.79 Å². The average Bonchev–Trinajstić information content (AvgIpc) is 2.86. The Hall–Kier alpha value is -3.00. The molecule has 0 saturated heterocycles. The predicted molar refractivity (Wildman–Crippen MR) is 99.5 cm³/mol. The van der Waals surface area contributed by atoms with Gasteiger partial charge in [-0.1, -0.05) is 12.1 Å². The lowest BCUT2D eigenvalue weighted by Gasteiger charge is -2.13. The van der Waals surface area contributed by atoms with Gasteiger partial charge in [0, 0.05) is 17.4 Å². The lowest BCUT2D eigenvalue weighted by atomic mass is 10.1. The molecule has 0 aliphatic rings. The molecule has 5 heteroatoms. The quantitative estimate of drug-likeness (QED) is 0.655. The molecule has 0 radical (unpaired) electrons. The summed E-state index contributed by atoms with van der Waals surface area (Å²) in [6, 6.07) is 11.4. The Labute approximate surface area is 148 Å². The zero-order chi connectivity index (χ0) is 18.6. The Morgan fingerprint density at radius 1 is 1.32 bits per heavy atom. The zero-order valence-corrected chi connectivity index (χ0v) is 15.3. The summed E-state index contributed by atoms with van der Waals surface area (Å²) in [5, 5.41) is 12.2. The van der Waals surface area contributed by atoms with E-state index in [0.29, 0.717) is 17.5 Å². The summed E-state index contributed by atoms with van der Waals surface area (Å²) in [6.45, 7) is 8.22. The van der Waals surface area contributed by atoms with Gasteiger partial charge in [0.2, 0.25) is 0 Å². The summed E-state index contributed by atoms with van der Waals surface area (Å²) < 4.78 is 7.40. The van der Waals surface area contributed by atoms with Crippen LogP contribution < -0.4 is 10.1 Å². The molecule has 0 saturated carbocycles. The first-order chi connectivity index (χ1) is 11.9. The number of ether oxygens (including phenoxy) is 1. The molecular formula is C20H23N3O2. The number of rotatable bonds is 5. The smallest absolute Gasteiger partial charge is 0.266 e. The molecule has 0 atom stereocenters. The van der Waals surface area contributed by atoms with Gasteiger partial charge in [-0.15, -0.1) is 0 Å². The fraction of sp³-hybridized carbons (Fsp3) is 0.300. The number of benzene rings is 1. The number of nitrogens with zero attached hydrogens (tertiary/aromatic N) is 2. The van der Waals surface area contributed by atoms with E-state index in [9.17, 15) is 10.1 Å². The van der Waals surface area contributed by atoms with Gasteiger partial charge in [0.25, 0.3) is 5.91 Å². The van der Waals surface area contributed by atoms with Crippen LogP contribution in [0.2, 0.25) is 0 Å². The van der Waals surface area contributed by atoms with E-state index in [4.69, 9.17) is 4.74 Å². The van der Waals surface area contributed by atoms with Crippen molar-refractivity contribution in [2.45, 2.75) is 33.7 Å². The average molecular weight is 337 g/mol. The Balaban J connectivity index is 2.34. The first-order valence-corrected chi connectivity index (χ1v) is 8.13. The highest BCUT2D eigenvalue weighted by molar-refractivity contribution is 6.10. The van der Waals surface area contributed by atoms with Crippen molar-refractivity contribution in [3.05, 3.63) is 52.9 Å². The second-order valence-corrected chi connectivity index (χ2v) is 6.11. The summed E-state index contributed by atoms with van der Waals surface area (Å²) in [4.78, 5) is 12.5. The molecule has 0 aliphatic carbocycles. The third-order valence-corrected chi connectivity index (χ3v) is 4.06. The maximum absolute atomic E-state index is 12.5. The highest BCUT2D eigenvalue weighted by Gasteiger charge is 2.15. The first-order valence-electron chi connectivity index (χ1n) is 8.13. The van der Waals surface area contributed by atoms with E-state index in [1.807, 2.05) is 32.0 Å². The number of aryl methyl sites for hydroxylation is 1. The number of carbonyl (C=O) groups excluding carboxylic acids is 1. The van der Waals surface area contributed by atoms with Crippen LogP contribution in [0.1, 0.15) is 36.8 Å². The van der Waals surface area contributed by atoms with E-state index in [0.717, 1.165) is 17.0 Å². The number of anilines is 1.